The van der Waals surface area contributed by atoms with Crippen molar-refractivity contribution in [3.8, 4) is 5.75 Å². The largest absolute Gasteiger partial charge is 0.497 e. The molecule has 1 aliphatic rings. The minimum Gasteiger partial charge on any atom is -0.497 e. The highest BCUT2D eigenvalue weighted by Gasteiger charge is 2.29. The lowest BCUT2D eigenvalue weighted by molar-refractivity contribution is -0.117. The molecular weight excluding hydrogens is 332 g/mol. The molecule has 2 amide bonds. The summed E-state index contributed by atoms with van der Waals surface area (Å²) in [7, 11) is 1.58. The summed E-state index contributed by atoms with van der Waals surface area (Å²) in [4.78, 5) is 24.1. The van der Waals surface area contributed by atoms with E-state index < -0.39 is 6.10 Å². The minimum absolute atomic E-state index is 0.00233. The van der Waals surface area contributed by atoms with Gasteiger partial charge in [-0.3, -0.25) is 9.59 Å². The van der Waals surface area contributed by atoms with Crippen molar-refractivity contribution in [1.82, 2.24) is 5.32 Å². The van der Waals surface area contributed by atoms with Gasteiger partial charge in [0, 0.05) is 23.7 Å². The van der Waals surface area contributed by atoms with E-state index in [9.17, 15) is 14.7 Å². The molecule has 0 saturated heterocycles. The van der Waals surface area contributed by atoms with E-state index in [0.29, 0.717) is 22.6 Å². The van der Waals surface area contributed by atoms with Crippen molar-refractivity contribution in [3.05, 3.63) is 59.7 Å². The Morgan fingerprint density at radius 2 is 1.92 bits per heavy atom. The molecule has 136 valence electrons. The average molecular weight is 354 g/mol. The Morgan fingerprint density at radius 1 is 1.19 bits per heavy atom. The van der Waals surface area contributed by atoms with E-state index in [1.54, 1.807) is 55.6 Å². The van der Waals surface area contributed by atoms with E-state index in [1.807, 2.05) is 0 Å². The molecule has 0 radical (unpaired) electrons. The van der Waals surface area contributed by atoms with Crippen molar-refractivity contribution >= 4 is 17.5 Å². The molecular formula is C20H22N2O4. The lowest BCUT2D eigenvalue weighted by Gasteiger charge is -2.13. The summed E-state index contributed by atoms with van der Waals surface area (Å²) in [5, 5.41) is 15.7. The van der Waals surface area contributed by atoms with Crippen LogP contribution in [0.25, 0.3) is 0 Å². The molecule has 2 aromatic rings. The SMILES string of the molecule is COc1ccc(C(O)CNC(=O)c2cccc(NC(=O)C3CC3)c2)cc1. The first-order chi connectivity index (χ1) is 12.6. The zero-order valence-corrected chi connectivity index (χ0v) is 14.6. The predicted octanol–water partition coefficient (Wildman–Crippen LogP) is 2.51. The number of anilines is 1. The molecule has 0 spiro atoms. The number of amides is 2. The average Bonchev–Trinajstić information content (AvgIpc) is 3.51. The third-order valence-electron chi connectivity index (χ3n) is 4.30. The van der Waals surface area contributed by atoms with Crippen LogP contribution in [0, 0.1) is 5.92 Å². The summed E-state index contributed by atoms with van der Waals surface area (Å²) in [5.41, 5.74) is 1.72. The van der Waals surface area contributed by atoms with Crippen LogP contribution in [0.4, 0.5) is 5.69 Å². The van der Waals surface area contributed by atoms with Crippen molar-refractivity contribution in [2.45, 2.75) is 18.9 Å². The Morgan fingerprint density at radius 3 is 2.58 bits per heavy atom. The van der Waals surface area contributed by atoms with Gasteiger partial charge >= 0.3 is 0 Å². The lowest BCUT2D eigenvalue weighted by atomic mass is 10.1. The topological polar surface area (TPSA) is 87.7 Å². The number of aliphatic hydroxyl groups excluding tert-OH is 1. The highest BCUT2D eigenvalue weighted by atomic mass is 16.5. The number of nitrogens with one attached hydrogen (secondary N) is 2. The van der Waals surface area contributed by atoms with Gasteiger partial charge in [0.05, 0.1) is 13.2 Å². The second kappa shape index (κ2) is 8.01. The maximum absolute atomic E-state index is 12.3. The van der Waals surface area contributed by atoms with Crippen molar-refractivity contribution in [2.75, 3.05) is 19.0 Å². The fourth-order valence-corrected chi connectivity index (χ4v) is 2.56. The van der Waals surface area contributed by atoms with Crippen molar-refractivity contribution in [2.24, 2.45) is 5.92 Å². The smallest absolute Gasteiger partial charge is 0.251 e. The summed E-state index contributed by atoms with van der Waals surface area (Å²) < 4.78 is 5.08. The number of rotatable bonds is 7. The van der Waals surface area contributed by atoms with E-state index in [4.69, 9.17) is 4.74 Å². The van der Waals surface area contributed by atoms with E-state index in [1.165, 1.54) is 0 Å². The van der Waals surface area contributed by atoms with Crippen LogP contribution in [-0.2, 0) is 4.79 Å². The summed E-state index contributed by atoms with van der Waals surface area (Å²) in [6.07, 6.45) is 1.03. The van der Waals surface area contributed by atoms with Gasteiger partial charge in [-0.1, -0.05) is 18.2 Å². The first-order valence-corrected chi connectivity index (χ1v) is 8.58. The van der Waals surface area contributed by atoms with Crippen LogP contribution in [0.5, 0.6) is 5.75 Å². The van der Waals surface area contributed by atoms with Crippen LogP contribution >= 0.6 is 0 Å². The molecule has 0 heterocycles. The summed E-state index contributed by atoms with van der Waals surface area (Å²) in [6, 6.07) is 13.8. The van der Waals surface area contributed by atoms with Crippen molar-refractivity contribution in [3.63, 3.8) is 0 Å². The van der Waals surface area contributed by atoms with Gasteiger partial charge < -0.3 is 20.5 Å². The first-order valence-electron chi connectivity index (χ1n) is 8.58. The van der Waals surface area contributed by atoms with Gasteiger partial charge in [0.15, 0.2) is 0 Å². The number of benzene rings is 2. The number of hydrogen-bond donors (Lipinski definition) is 3. The molecule has 3 N–H and O–H groups in total. The Kier molecular flexibility index (Phi) is 5.53. The highest BCUT2D eigenvalue weighted by molar-refractivity contribution is 5.98. The highest BCUT2D eigenvalue weighted by Crippen LogP contribution is 2.30. The van der Waals surface area contributed by atoms with Crippen LogP contribution in [0.2, 0.25) is 0 Å². The number of aliphatic hydroxyl groups is 1. The number of carbonyl (C=O) groups excluding carboxylic acids is 2. The van der Waals surface area contributed by atoms with Crippen LogP contribution in [0.3, 0.4) is 0 Å². The van der Waals surface area contributed by atoms with Crippen LogP contribution < -0.4 is 15.4 Å². The molecule has 3 rings (SSSR count). The lowest BCUT2D eigenvalue weighted by Crippen LogP contribution is -2.28. The Hall–Kier alpha value is -2.86. The van der Waals surface area contributed by atoms with Crippen molar-refractivity contribution < 1.29 is 19.4 Å². The monoisotopic (exact) mass is 354 g/mol. The zero-order valence-electron chi connectivity index (χ0n) is 14.6. The van der Waals surface area contributed by atoms with Gasteiger partial charge in [0.25, 0.3) is 5.91 Å². The molecule has 1 atom stereocenters. The molecule has 1 aliphatic carbocycles. The fourth-order valence-electron chi connectivity index (χ4n) is 2.56. The van der Waals surface area contributed by atoms with Gasteiger partial charge in [-0.15, -0.1) is 0 Å². The standard InChI is InChI=1S/C20H22N2O4/c1-26-17-9-7-13(8-10-17)18(23)12-21-19(24)15-3-2-4-16(11-15)22-20(25)14-5-6-14/h2-4,7-11,14,18,23H,5-6,12H2,1H3,(H,21,24)(H,22,25). The summed E-state index contributed by atoms with van der Waals surface area (Å²) >= 11 is 0. The van der Waals surface area contributed by atoms with Gasteiger partial charge in [0.1, 0.15) is 5.75 Å². The summed E-state index contributed by atoms with van der Waals surface area (Å²) in [5.74, 6) is 0.500. The second-order valence-electron chi connectivity index (χ2n) is 6.34. The normalized spacial score (nSPS) is 14.4. The Bertz CT molecular complexity index is 785. The number of methoxy groups -OCH3 is 1. The quantitative estimate of drug-likeness (QED) is 0.713. The molecule has 1 fully saturated rings. The van der Waals surface area contributed by atoms with Crippen molar-refractivity contribution in [1.29, 1.82) is 0 Å². The molecule has 0 aromatic heterocycles. The molecule has 2 aromatic carbocycles. The van der Waals surface area contributed by atoms with Gasteiger partial charge in [-0.05, 0) is 48.7 Å². The predicted molar refractivity (Wildman–Crippen MR) is 98.1 cm³/mol. The van der Waals surface area contributed by atoms with Gasteiger partial charge in [-0.2, -0.15) is 0 Å². The Balaban J connectivity index is 1.56. The van der Waals surface area contributed by atoms with E-state index in [0.717, 1.165) is 12.8 Å². The molecule has 1 unspecified atom stereocenters. The Labute approximate surface area is 152 Å². The van der Waals surface area contributed by atoms with Crippen LogP contribution in [-0.4, -0.2) is 30.6 Å². The molecule has 1 saturated carbocycles. The summed E-state index contributed by atoms with van der Waals surface area (Å²) in [6.45, 7) is 0.0871. The third kappa shape index (κ3) is 4.61. The first kappa shape index (κ1) is 17.9. The third-order valence-corrected chi connectivity index (χ3v) is 4.30. The molecule has 6 heteroatoms. The van der Waals surface area contributed by atoms with Gasteiger partial charge in [0.2, 0.25) is 5.91 Å². The van der Waals surface area contributed by atoms with Crippen LogP contribution in [0.15, 0.2) is 48.5 Å². The number of carbonyl (C=O) groups is 2. The van der Waals surface area contributed by atoms with E-state index >= 15 is 0 Å². The van der Waals surface area contributed by atoms with E-state index in [-0.39, 0.29) is 24.3 Å². The second-order valence-corrected chi connectivity index (χ2v) is 6.34. The van der Waals surface area contributed by atoms with Crippen LogP contribution in [0.1, 0.15) is 34.9 Å². The van der Waals surface area contributed by atoms with Gasteiger partial charge in [-0.25, -0.2) is 0 Å². The molecule has 0 bridgehead atoms. The minimum atomic E-state index is -0.817. The molecule has 26 heavy (non-hydrogen) atoms. The molecule has 6 nitrogen and oxygen atoms in total. The van der Waals surface area contributed by atoms with E-state index in [2.05, 4.69) is 10.6 Å². The maximum atomic E-state index is 12.3. The zero-order chi connectivity index (χ0) is 18.5. The maximum Gasteiger partial charge on any atom is 0.251 e. The number of ether oxygens (including phenoxy) is 1. The molecule has 0 aliphatic heterocycles. The number of hydrogen-bond acceptors (Lipinski definition) is 4. The fraction of sp³-hybridized carbons (Fsp3) is 0.300.